The van der Waals surface area contributed by atoms with Gasteiger partial charge in [-0.05, 0) is 50.6 Å². The van der Waals surface area contributed by atoms with Crippen LogP contribution in [0.15, 0.2) is 34.8 Å². The van der Waals surface area contributed by atoms with Crippen molar-refractivity contribution in [2.45, 2.75) is 24.5 Å². The fraction of sp³-hybridized carbons (Fsp3) is 0.462. The summed E-state index contributed by atoms with van der Waals surface area (Å²) in [5, 5.41) is 49.5. The van der Waals surface area contributed by atoms with Crippen LogP contribution in [-0.4, -0.2) is 101 Å². The number of likely N-dealkylation sites (N-methyl/N-ethyl adjacent to an activating group) is 1. The molecule has 0 radical (unpaired) electrons. The van der Waals surface area contributed by atoms with Crippen molar-refractivity contribution in [3.63, 3.8) is 0 Å². The Balaban J connectivity index is 1.83. The number of alkyl halides is 1. The number of nitrogens with zero attached hydrogens (tertiary/aromatic N) is 2. The van der Waals surface area contributed by atoms with Gasteiger partial charge in [-0.25, -0.2) is 0 Å². The van der Waals surface area contributed by atoms with Crippen molar-refractivity contribution in [2.75, 3.05) is 45.6 Å². The lowest BCUT2D eigenvalue weighted by atomic mass is 9.58. The first-order chi connectivity index (χ1) is 18.3. The largest absolute Gasteiger partial charge is 0.510 e. The summed E-state index contributed by atoms with van der Waals surface area (Å²) in [6.45, 7) is -0.416. The molecule has 0 saturated heterocycles. The second-order valence-electron chi connectivity index (χ2n) is 10.4. The molecule has 13 heteroatoms. The van der Waals surface area contributed by atoms with Crippen molar-refractivity contribution in [3.8, 4) is 5.75 Å². The number of amides is 2. The van der Waals surface area contributed by atoms with Crippen LogP contribution in [0.5, 0.6) is 5.75 Å². The van der Waals surface area contributed by atoms with E-state index in [1.54, 1.807) is 39.2 Å². The Bertz CT molecular complexity index is 1340. The predicted molar refractivity (Wildman–Crippen MR) is 141 cm³/mol. The van der Waals surface area contributed by atoms with E-state index in [2.05, 4.69) is 10.6 Å². The number of ketones is 2. The number of anilines is 1. The minimum atomic E-state index is -2.71. The molecular formula is C26H31ClN4O8. The van der Waals surface area contributed by atoms with Gasteiger partial charge in [0.15, 0.2) is 11.4 Å². The number of aromatic hydroxyl groups is 1. The quantitative estimate of drug-likeness (QED) is 0.158. The highest BCUT2D eigenvalue weighted by atomic mass is 35.5. The number of fused-ring (bicyclic) bond motifs is 3. The van der Waals surface area contributed by atoms with Gasteiger partial charge in [0.1, 0.15) is 28.7 Å². The molecule has 1 aromatic rings. The Morgan fingerprint density at radius 3 is 2.36 bits per heavy atom. The fourth-order valence-corrected chi connectivity index (χ4v) is 6.09. The smallest absolute Gasteiger partial charge is 0.259 e. The number of halogens is 1. The van der Waals surface area contributed by atoms with Crippen LogP contribution < -0.4 is 15.5 Å². The Morgan fingerprint density at radius 2 is 1.77 bits per heavy atom. The van der Waals surface area contributed by atoms with Crippen LogP contribution in [0, 0.1) is 11.8 Å². The molecule has 4 atom stereocenters. The molecule has 0 saturated carbocycles. The second kappa shape index (κ2) is 10.2. The maximum atomic E-state index is 13.7. The molecule has 0 fully saturated rings. The standard InChI is InChI=1S/C26H31ClN4O8/c1-30(2)14-5-6-15(32)18-12(14)7-11-8-13-20(31(3)4)22(35)19(25(38)29-10-28-16(33)9-27)24(37)26(13,39)23(36)17(11)21(18)34/h5-6,11,13,20,32,35-36,39H,7-10H2,1-4H3,(H,28,33)(H,29,38)/t11-,13-,20+,26-/m0/s1. The normalized spacial score (nSPS) is 26.2. The molecule has 6 N–H and O–H groups in total. The maximum absolute atomic E-state index is 13.7. The van der Waals surface area contributed by atoms with Crippen molar-refractivity contribution in [1.29, 1.82) is 0 Å². The lowest BCUT2D eigenvalue weighted by molar-refractivity contribution is -0.148. The van der Waals surface area contributed by atoms with E-state index in [-0.39, 0.29) is 35.6 Å². The molecule has 12 nitrogen and oxygen atoms in total. The Hall–Kier alpha value is -3.61. The van der Waals surface area contributed by atoms with E-state index in [9.17, 15) is 39.6 Å². The topological polar surface area (TPSA) is 180 Å². The van der Waals surface area contributed by atoms with Crippen molar-refractivity contribution in [1.82, 2.24) is 15.5 Å². The molecule has 39 heavy (non-hydrogen) atoms. The molecule has 210 valence electrons. The minimum Gasteiger partial charge on any atom is -0.510 e. The zero-order valence-electron chi connectivity index (χ0n) is 21.9. The molecule has 4 rings (SSSR count). The Morgan fingerprint density at radius 1 is 1.10 bits per heavy atom. The molecule has 0 aliphatic heterocycles. The Labute approximate surface area is 229 Å². The van der Waals surface area contributed by atoms with Gasteiger partial charge in [0.05, 0.1) is 18.3 Å². The summed E-state index contributed by atoms with van der Waals surface area (Å²) in [5.74, 6) is -7.62. The first kappa shape index (κ1) is 28.4. The number of nitrogens with one attached hydrogen (secondary N) is 2. The summed E-state index contributed by atoms with van der Waals surface area (Å²) < 4.78 is 0. The zero-order chi connectivity index (χ0) is 29.0. The summed E-state index contributed by atoms with van der Waals surface area (Å²) >= 11 is 5.41. The summed E-state index contributed by atoms with van der Waals surface area (Å²) in [5.41, 5.74) is -2.49. The van der Waals surface area contributed by atoms with Crippen LogP contribution in [0.4, 0.5) is 5.69 Å². The number of phenols is 1. The number of carbonyl (C=O) groups excluding carboxylic acids is 4. The lowest BCUT2D eigenvalue weighted by Gasteiger charge is -2.50. The minimum absolute atomic E-state index is 0.0168. The van der Waals surface area contributed by atoms with Gasteiger partial charge in [0, 0.05) is 31.3 Å². The van der Waals surface area contributed by atoms with Crippen LogP contribution in [-0.2, 0) is 20.8 Å². The zero-order valence-corrected chi connectivity index (χ0v) is 22.7. The van der Waals surface area contributed by atoms with Gasteiger partial charge in [0.25, 0.3) is 5.91 Å². The number of benzene rings is 1. The molecule has 2 amide bonds. The summed E-state index contributed by atoms with van der Waals surface area (Å²) in [4.78, 5) is 55.0. The van der Waals surface area contributed by atoms with Crippen LogP contribution in [0.1, 0.15) is 22.3 Å². The number of phenolic OH excluding ortho intramolecular Hbond substituents is 1. The number of rotatable bonds is 6. The van der Waals surface area contributed by atoms with Gasteiger partial charge in [-0.2, -0.15) is 0 Å². The predicted octanol–water partition coefficient (Wildman–Crippen LogP) is 0.130. The second-order valence-corrected chi connectivity index (χ2v) is 10.6. The highest BCUT2D eigenvalue weighted by Crippen LogP contribution is 2.53. The lowest BCUT2D eigenvalue weighted by Crippen LogP contribution is -2.64. The number of aliphatic hydroxyl groups excluding tert-OH is 2. The van der Waals surface area contributed by atoms with Crippen molar-refractivity contribution in [2.24, 2.45) is 11.8 Å². The average Bonchev–Trinajstić information content (AvgIpc) is 2.85. The maximum Gasteiger partial charge on any atom is 0.259 e. The number of Topliss-reactive ketones (excluding diaryl/α,β-unsaturated/α-hetero) is 2. The molecule has 3 aliphatic carbocycles. The van der Waals surface area contributed by atoms with Crippen molar-refractivity contribution >= 4 is 40.7 Å². The van der Waals surface area contributed by atoms with Crippen LogP contribution >= 0.6 is 11.6 Å². The van der Waals surface area contributed by atoms with Crippen LogP contribution in [0.3, 0.4) is 0 Å². The molecule has 0 spiro atoms. The van der Waals surface area contributed by atoms with Crippen LogP contribution in [0.2, 0.25) is 0 Å². The monoisotopic (exact) mass is 562 g/mol. The van der Waals surface area contributed by atoms with E-state index in [1.165, 1.54) is 11.0 Å². The van der Waals surface area contributed by atoms with Gasteiger partial charge in [0.2, 0.25) is 11.7 Å². The van der Waals surface area contributed by atoms with E-state index in [1.807, 2.05) is 0 Å². The molecule has 0 aromatic heterocycles. The molecule has 0 unspecified atom stereocenters. The molecule has 0 heterocycles. The van der Waals surface area contributed by atoms with Crippen molar-refractivity contribution in [3.05, 3.63) is 45.9 Å². The first-order valence-corrected chi connectivity index (χ1v) is 12.8. The third kappa shape index (κ3) is 4.32. The van der Waals surface area contributed by atoms with E-state index in [0.29, 0.717) is 11.3 Å². The summed E-state index contributed by atoms with van der Waals surface area (Å²) in [6, 6.07) is 1.96. The van der Waals surface area contributed by atoms with E-state index < -0.39 is 70.6 Å². The highest BCUT2D eigenvalue weighted by Gasteiger charge is 2.63. The number of aliphatic hydroxyl groups is 3. The molecule has 0 bridgehead atoms. The SMILES string of the molecule is CN(C)c1ccc(O)c2c1C[C@H]1C[C@H]3[C@@H](N(C)C)C(O)=C(C(=O)NCNC(=O)CCl)C(=O)[C@@]3(O)C(O)=C1C2=O. The molecule has 3 aliphatic rings. The van der Waals surface area contributed by atoms with Gasteiger partial charge >= 0.3 is 0 Å². The first-order valence-electron chi connectivity index (χ1n) is 12.2. The molecular weight excluding hydrogens is 532 g/mol. The van der Waals surface area contributed by atoms with Gasteiger partial charge < -0.3 is 36.0 Å². The third-order valence-electron chi connectivity index (χ3n) is 7.70. The summed E-state index contributed by atoms with van der Waals surface area (Å²) in [7, 11) is 6.73. The van der Waals surface area contributed by atoms with E-state index in [4.69, 9.17) is 11.6 Å². The fourth-order valence-electron chi connectivity index (χ4n) is 5.99. The van der Waals surface area contributed by atoms with Gasteiger partial charge in [-0.3, -0.25) is 24.1 Å². The van der Waals surface area contributed by atoms with Crippen molar-refractivity contribution < 1.29 is 39.6 Å². The van der Waals surface area contributed by atoms with Gasteiger partial charge in [-0.1, -0.05) is 0 Å². The molecule has 1 aromatic carbocycles. The number of carbonyl (C=O) groups is 4. The summed E-state index contributed by atoms with van der Waals surface area (Å²) in [6.07, 6.45) is 0.240. The van der Waals surface area contributed by atoms with E-state index >= 15 is 0 Å². The highest BCUT2D eigenvalue weighted by molar-refractivity contribution is 6.27. The third-order valence-corrected chi connectivity index (χ3v) is 7.94. The average molecular weight is 563 g/mol. The number of hydrogen-bond donors (Lipinski definition) is 6. The Kier molecular flexibility index (Phi) is 7.41. The number of allylic oxidation sites excluding steroid dienone is 1. The number of hydrogen-bond acceptors (Lipinski definition) is 10. The van der Waals surface area contributed by atoms with Crippen LogP contribution in [0.25, 0.3) is 0 Å². The van der Waals surface area contributed by atoms with E-state index in [0.717, 1.165) is 0 Å². The van der Waals surface area contributed by atoms with Gasteiger partial charge in [-0.15, -0.1) is 11.6 Å².